The molecule has 4 heteroatoms. The van der Waals surface area contributed by atoms with Crippen LogP contribution in [0.4, 0.5) is 4.39 Å². The first-order valence-electron chi connectivity index (χ1n) is 6.29. The lowest BCUT2D eigenvalue weighted by Crippen LogP contribution is -2.55. The van der Waals surface area contributed by atoms with Crippen LogP contribution in [0.15, 0.2) is 18.2 Å². The molecule has 1 aliphatic heterocycles. The Morgan fingerprint density at radius 1 is 1.33 bits per heavy atom. The van der Waals surface area contributed by atoms with Gasteiger partial charge in [-0.25, -0.2) is 4.39 Å². The molecular weight excluding hydrogens is 231 g/mol. The third-order valence-electron chi connectivity index (χ3n) is 3.20. The van der Waals surface area contributed by atoms with Crippen molar-refractivity contribution in [2.45, 2.75) is 32.9 Å². The van der Waals surface area contributed by atoms with Gasteiger partial charge in [0, 0.05) is 25.2 Å². The molecule has 1 fully saturated rings. The average molecular weight is 250 g/mol. The van der Waals surface area contributed by atoms with E-state index in [0.717, 1.165) is 5.56 Å². The highest BCUT2D eigenvalue weighted by atomic mass is 19.1. The quantitative estimate of drug-likeness (QED) is 0.826. The Kier molecular flexibility index (Phi) is 3.66. The van der Waals surface area contributed by atoms with Crippen molar-refractivity contribution >= 4 is 5.91 Å². The van der Waals surface area contributed by atoms with Crippen LogP contribution in [0.5, 0.6) is 0 Å². The Labute approximate surface area is 107 Å². The molecule has 2 unspecified atom stereocenters. The summed E-state index contributed by atoms with van der Waals surface area (Å²) >= 11 is 0. The van der Waals surface area contributed by atoms with E-state index in [1.54, 1.807) is 17.0 Å². The van der Waals surface area contributed by atoms with Crippen LogP contribution in [0.2, 0.25) is 0 Å². The zero-order valence-electron chi connectivity index (χ0n) is 11.0. The Bertz CT molecular complexity index is 451. The van der Waals surface area contributed by atoms with Crippen molar-refractivity contribution in [3.05, 3.63) is 35.1 Å². The molecule has 2 rings (SSSR count). The van der Waals surface area contributed by atoms with E-state index in [0.29, 0.717) is 13.1 Å². The largest absolute Gasteiger partial charge is 0.335 e. The van der Waals surface area contributed by atoms with Gasteiger partial charge < -0.3 is 10.2 Å². The molecule has 1 aromatic rings. The van der Waals surface area contributed by atoms with Gasteiger partial charge in [0.05, 0.1) is 5.56 Å². The van der Waals surface area contributed by atoms with E-state index < -0.39 is 5.82 Å². The first-order valence-corrected chi connectivity index (χ1v) is 6.29. The van der Waals surface area contributed by atoms with Crippen molar-refractivity contribution in [1.29, 1.82) is 0 Å². The second-order valence-electron chi connectivity index (χ2n) is 5.16. The summed E-state index contributed by atoms with van der Waals surface area (Å²) in [5.41, 5.74) is 0.994. The molecular formula is C14H19FN2O. The van der Waals surface area contributed by atoms with E-state index in [2.05, 4.69) is 5.32 Å². The number of piperazine rings is 1. The van der Waals surface area contributed by atoms with E-state index in [4.69, 9.17) is 0 Å². The normalized spacial score (nSPS) is 24.1. The van der Waals surface area contributed by atoms with E-state index in [1.165, 1.54) is 6.07 Å². The van der Waals surface area contributed by atoms with E-state index in [1.807, 2.05) is 20.8 Å². The number of hydrogen-bond donors (Lipinski definition) is 1. The second-order valence-corrected chi connectivity index (χ2v) is 5.16. The highest BCUT2D eigenvalue weighted by molar-refractivity contribution is 5.94. The van der Waals surface area contributed by atoms with Gasteiger partial charge in [0.25, 0.3) is 5.91 Å². The number of nitrogens with zero attached hydrogens (tertiary/aromatic N) is 1. The van der Waals surface area contributed by atoms with Gasteiger partial charge in [-0.1, -0.05) is 6.07 Å². The lowest BCUT2D eigenvalue weighted by molar-refractivity contribution is 0.0669. The standard InChI is InChI=1S/C14H19FN2O/c1-9-4-5-12(13(15)6-9)14(18)17-7-10(2)16-11(3)8-17/h4-6,10-11,16H,7-8H2,1-3H3. The lowest BCUT2D eigenvalue weighted by Gasteiger charge is -2.36. The lowest BCUT2D eigenvalue weighted by atomic mass is 10.1. The summed E-state index contributed by atoms with van der Waals surface area (Å²) in [5, 5.41) is 3.35. The number of carbonyl (C=O) groups is 1. The molecule has 1 N–H and O–H groups in total. The van der Waals surface area contributed by atoms with Crippen LogP contribution in [-0.4, -0.2) is 36.0 Å². The van der Waals surface area contributed by atoms with Gasteiger partial charge in [-0.2, -0.15) is 0 Å². The Balaban J connectivity index is 2.20. The van der Waals surface area contributed by atoms with E-state index in [9.17, 15) is 9.18 Å². The third-order valence-corrected chi connectivity index (χ3v) is 3.20. The summed E-state index contributed by atoms with van der Waals surface area (Å²) in [5.74, 6) is -0.647. The number of carbonyl (C=O) groups excluding carboxylic acids is 1. The molecule has 2 atom stereocenters. The Morgan fingerprint density at radius 3 is 2.50 bits per heavy atom. The molecule has 0 radical (unpaired) electrons. The molecule has 0 aromatic heterocycles. The number of amides is 1. The molecule has 0 aliphatic carbocycles. The van der Waals surface area contributed by atoms with Crippen LogP contribution in [0.3, 0.4) is 0 Å². The molecule has 1 amide bonds. The first kappa shape index (κ1) is 13.0. The smallest absolute Gasteiger partial charge is 0.256 e. The van der Waals surface area contributed by atoms with Gasteiger partial charge in [0.1, 0.15) is 5.82 Å². The van der Waals surface area contributed by atoms with Gasteiger partial charge in [-0.15, -0.1) is 0 Å². The van der Waals surface area contributed by atoms with Crippen molar-refractivity contribution in [2.24, 2.45) is 0 Å². The minimum absolute atomic E-state index is 0.168. The van der Waals surface area contributed by atoms with Crippen LogP contribution in [0, 0.1) is 12.7 Å². The summed E-state index contributed by atoms with van der Waals surface area (Å²) in [6, 6.07) is 5.23. The molecule has 1 aliphatic rings. The van der Waals surface area contributed by atoms with Crippen LogP contribution in [-0.2, 0) is 0 Å². The monoisotopic (exact) mass is 250 g/mol. The zero-order chi connectivity index (χ0) is 13.3. The maximum absolute atomic E-state index is 13.8. The number of hydrogen-bond acceptors (Lipinski definition) is 2. The first-order chi connectivity index (χ1) is 8.47. The van der Waals surface area contributed by atoms with Gasteiger partial charge in [0.2, 0.25) is 0 Å². The fourth-order valence-corrected chi connectivity index (χ4v) is 2.46. The molecule has 1 aromatic carbocycles. The highest BCUT2D eigenvalue weighted by Gasteiger charge is 2.26. The van der Waals surface area contributed by atoms with Crippen LogP contribution < -0.4 is 5.32 Å². The van der Waals surface area contributed by atoms with Crippen molar-refractivity contribution < 1.29 is 9.18 Å². The molecule has 0 bridgehead atoms. The minimum atomic E-state index is -0.432. The fraction of sp³-hybridized carbons (Fsp3) is 0.500. The summed E-state index contributed by atoms with van der Waals surface area (Å²) in [6.45, 7) is 7.11. The summed E-state index contributed by atoms with van der Waals surface area (Å²) in [7, 11) is 0. The molecule has 0 saturated carbocycles. The average Bonchev–Trinajstić information content (AvgIpc) is 2.26. The fourth-order valence-electron chi connectivity index (χ4n) is 2.46. The summed E-state index contributed by atoms with van der Waals surface area (Å²) in [4.78, 5) is 14.0. The van der Waals surface area contributed by atoms with Gasteiger partial charge >= 0.3 is 0 Å². The molecule has 1 heterocycles. The number of aryl methyl sites for hydroxylation is 1. The molecule has 3 nitrogen and oxygen atoms in total. The van der Waals surface area contributed by atoms with Gasteiger partial charge in [0.15, 0.2) is 0 Å². The van der Waals surface area contributed by atoms with Crippen LogP contribution >= 0.6 is 0 Å². The summed E-state index contributed by atoms with van der Waals surface area (Å²) in [6.07, 6.45) is 0. The number of halogens is 1. The maximum atomic E-state index is 13.8. The molecule has 0 spiro atoms. The summed E-state index contributed by atoms with van der Waals surface area (Å²) < 4.78 is 13.8. The van der Waals surface area contributed by atoms with Crippen molar-refractivity contribution in [3.63, 3.8) is 0 Å². The zero-order valence-corrected chi connectivity index (χ0v) is 11.0. The molecule has 98 valence electrons. The maximum Gasteiger partial charge on any atom is 0.256 e. The number of rotatable bonds is 1. The highest BCUT2D eigenvalue weighted by Crippen LogP contribution is 2.15. The van der Waals surface area contributed by atoms with Crippen molar-refractivity contribution in [1.82, 2.24) is 10.2 Å². The molecule has 18 heavy (non-hydrogen) atoms. The second kappa shape index (κ2) is 5.06. The van der Waals surface area contributed by atoms with Crippen molar-refractivity contribution in [3.8, 4) is 0 Å². The predicted molar refractivity (Wildman–Crippen MR) is 69.1 cm³/mol. The van der Waals surface area contributed by atoms with Gasteiger partial charge in [-0.3, -0.25) is 4.79 Å². The number of nitrogens with one attached hydrogen (secondary N) is 1. The number of benzene rings is 1. The molecule has 1 saturated heterocycles. The topological polar surface area (TPSA) is 32.3 Å². The van der Waals surface area contributed by atoms with Crippen molar-refractivity contribution in [2.75, 3.05) is 13.1 Å². The third kappa shape index (κ3) is 2.70. The van der Waals surface area contributed by atoms with E-state index in [-0.39, 0.29) is 23.6 Å². The van der Waals surface area contributed by atoms with E-state index >= 15 is 0 Å². The predicted octanol–water partition coefficient (Wildman–Crippen LogP) is 1.96. The Morgan fingerprint density at radius 2 is 1.94 bits per heavy atom. The minimum Gasteiger partial charge on any atom is -0.335 e. The van der Waals surface area contributed by atoms with Gasteiger partial charge in [-0.05, 0) is 38.5 Å². The SMILES string of the molecule is Cc1ccc(C(=O)N2CC(C)NC(C)C2)c(F)c1. The van der Waals surface area contributed by atoms with Crippen LogP contribution in [0.25, 0.3) is 0 Å². The van der Waals surface area contributed by atoms with Crippen LogP contribution in [0.1, 0.15) is 29.8 Å². The Hall–Kier alpha value is -1.42.